The smallest absolute Gasteiger partial charge is 0.267 e. The molecular weight excluding hydrogens is 434 g/mol. The standard InChI is InChI=1S/C23H18ClN3O3S/c1-29-19-10-6-17(7-11-19)14-25-26-23-27(15-20-3-2-12-30-20)22(28)21(31-23)13-16-4-8-18(24)9-5-16/h2-14H,15H2,1H3/b21-13-,25-14-,26-23+. The van der Waals surface area contributed by atoms with Gasteiger partial charge in [-0.25, -0.2) is 0 Å². The highest BCUT2D eigenvalue weighted by Crippen LogP contribution is 2.34. The predicted octanol–water partition coefficient (Wildman–Crippen LogP) is 5.45. The first-order chi connectivity index (χ1) is 15.1. The van der Waals surface area contributed by atoms with E-state index in [9.17, 15) is 4.79 Å². The molecule has 1 aromatic heterocycles. The van der Waals surface area contributed by atoms with E-state index in [-0.39, 0.29) is 12.5 Å². The molecule has 4 rings (SSSR count). The first-order valence-electron chi connectivity index (χ1n) is 9.37. The summed E-state index contributed by atoms with van der Waals surface area (Å²) in [6, 6.07) is 18.3. The quantitative estimate of drug-likeness (QED) is 0.284. The molecule has 3 aromatic rings. The number of ether oxygens (including phenoxy) is 1. The molecular formula is C23H18ClN3O3S. The van der Waals surface area contributed by atoms with Crippen molar-refractivity contribution in [2.24, 2.45) is 10.2 Å². The third-order valence-corrected chi connectivity index (χ3v) is 5.66. The molecule has 0 saturated carbocycles. The molecule has 0 N–H and O–H groups in total. The van der Waals surface area contributed by atoms with E-state index in [2.05, 4.69) is 10.2 Å². The highest BCUT2D eigenvalue weighted by Gasteiger charge is 2.34. The normalized spacial score (nSPS) is 16.7. The van der Waals surface area contributed by atoms with Gasteiger partial charge in [0.1, 0.15) is 11.5 Å². The van der Waals surface area contributed by atoms with Crippen LogP contribution in [0.1, 0.15) is 16.9 Å². The number of carbonyl (C=O) groups excluding carboxylic acids is 1. The van der Waals surface area contributed by atoms with Crippen LogP contribution in [-0.4, -0.2) is 29.3 Å². The number of amidine groups is 1. The zero-order valence-corrected chi connectivity index (χ0v) is 18.1. The van der Waals surface area contributed by atoms with Crippen molar-refractivity contribution in [2.45, 2.75) is 6.54 Å². The number of furan rings is 1. The largest absolute Gasteiger partial charge is 0.497 e. The highest BCUT2D eigenvalue weighted by atomic mass is 35.5. The molecule has 2 aromatic carbocycles. The molecule has 1 saturated heterocycles. The van der Waals surface area contributed by atoms with E-state index in [0.29, 0.717) is 20.9 Å². The molecule has 31 heavy (non-hydrogen) atoms. The van der Waals surface area contributed by atoms with Gasteiger partial charge in [0.2, 0.25) is 0 Å². The van der Waals surface area contributed by atoms with Crippen LogP contribution < -0.4 is 4.74 Å². The van der Waals surface area contributed by atoms with Crippen LogP contribution in [0.25, 0.3) is 6.08 Å². The van der Waals surface area contributed by atoms with Crippen LogP contribution in [0.15, 0.2) is 86.5 Å². The molecule has 0 atom stereocenters. The zero-order valence-electron chi connectivity index (χ0n) is 16.6. The van der Waals surface area contributed by atoms with Gasteiger partial charge in [0.25, 0.3) is 5.91 Å². The zero-order chi connectivity index (χ0) is 21.6. The van der Waals surface area contributed by atoms with Gasteiger partial charge in [0.05, 0.1) is 31.0 Å². The molecule has 6 nitrogen and oxygen atoms in total. The number of nitrogens with zero attached hydrogens (tertiary/aromatic N) is 3. The lowest BCUT2D eigenvalue weighted by Crippen LogP contribution is -2.28. The molecule has 0 spiro atoms. The van der Waals surface area contributed by atoms with Crippen LogP contribution in [0.2, 0.25) is 5.02 Å². The van der Waals surface area contributed by atoms with Gasteiger partial charge in [-0.2, -0.15) is 5.10 Å². The van der Waals surface area contributed by atoms with Gasteiger partial charge in [-0.15, -0.1) is 5.10 Å². The minimum Gasteiger partial charge on any atom is -0.497 e. The second kappa shape index (κ2) is 9.68. The fourth-order valence-electron chi connectivity index (χ4n) is 2.83. The van der Waals surface area contributed by atoms with Crippen LogP contribution in [0, 0.1) is 0 Å². The van der Waals surface area contributed by atoms with Gasteiger partial charge < -0.3 is 9.15 Å². The summed E-state index contributed by atoms with van der Waals surface area (Å²) < 4.78 is 10.6. The van der Waals surface area contributed by atoms with E-state index in [1.54, 1.807) is 42.7 Å². The van der Waals surface area contributed by atoms with Gasteiger partial charge in [-0.3, -0.25) is 9.69 Å². The van der Waals surface area contributed by atoms with Crippen molar-refractivity contribution in [3.05, 3.63) is 93.7 Å². The molecule has 8 heteroatoms. The molecule has 0 bridgehead atoms. The SMILES string of the molecule is COc1ccc(/C=N\N=C2\S/C(=C\c3ccc(Cl)cc3)C(=O)N2Cc2ccco2)cc1. The van der Waals surface area contributed by atoms with Crippen molar-refractivity contribution in [3.8, 4) is 5.75 Å². The van der Waals surface area contributed by atoms with E-state index in [1.807, 2.05) is 48.5 Å². The number of thioether (sulfide) groups is 1. The third-order valence-electron chi connectivity index (χ3n) is 4.42. The number of hydrogen-bond donors (Lipinski definition) is 0. The summed E-state index contributed by atoms with van der Waals surface area (Å²) in [7, 11) is 1.62. The maximum atomic E-state index is 13.0. The molecule has 0 aliphatic carbocycles. The van der Waals surface area contributed by atoms with Crippen molar-refractivity contribution in [1.82, 2.24) is 4.90 Å². The third kappa shape index (κ3) is 5.25. The minimum absolute atomic E-state index is 0.158. The average molecular weight is 452 g/mol. The van der Waals surface area contributed by atoms with E-state index < -0.39 is 0 Å². The Morgan fingerprint density at radius 1 is 1.10 bits per heavy atom. The number of hydrogen-bond acceptors (Lipinski definition) is 6. The van der Waals surface area contributed by atoms with Crippen LogP contribution in [0.4, 0.5) is 0 Å². The molecule has 1 fully saturated rings. The molecule has 0 unspecified atom stereocenters. The Morgan fingerprint density at radius 2 is 1.84 bits per heavy atom. The lowest BCUT2D eigenvalue weighted by molar-refractivity contribution is -0.122. The second-order valence-electron chi connectivity index (χ2n) is 6.53. The number of benzene rings is 2. The van der Waals surface area contributed by atoms with Crippen molar-refractivity contribution < 1.29 is 13.9 Å². The first kappa shape index (κ1) is 21.0. The van der Waals surface area contributed by atoms with E-state index >= 15 is 0 Å². The summed E-state index contributed by atoms with van der Waals surface area (Å²) in [5, 5.41) is 9.60. The molecule has 1 aliphatic rings. The average Bonchev–Trinajstić information content (AvgIpc) is 3.40. The van der Waals surface area contributed by atoms with Crippen LogP contribution in [-0.2, 0) is 11.3 Å². The van der Waals surface area contributed by atoms with Crippen molar-refractivity contribution >= 4 is 46.7 Å². The van der Waals surface area contributed by atoms with Gasteiger partial charge in [0.15, 0.2) is 5.17 Å². The Bertz CT molecular complexity index is 1140. The number of methoxy groups -OCH3 is 1. The highest BCUT2D eigenvalue weighted by molar-refractivity contribution is 8.18. The Labute approximate surface area is 188 Å². The van der Waals surface area contributed by atoms with E-state index in [0.717, 1.165) is 16.9 Å². The number of rotatable bonds is 6. The van der Waals surface area contributed by atoms with Crippen LogP contribution in [0.3, 0.4) is 0 Å². The van der Waals surface area contributed by atoms with Crippen LogP contribution in [0.5, 0.6) is 5.75 Å². The van der Waals surface area contributed by atoms with Gasteiger partial charge in [-0.1, -0.05) is 23.7 Å². The second-order valence-corrected chi connectivity index (χ2v) is 7.98. The molecule has 2 heterocycles. The Kier molecular flexibility index (Phi) is 6.54. The van der Waals surface area contributed by atoms with Gasteiger partial charge in [0, 0.05) is 5.02 Å². The van der Waals surface area contributed by atoms with E-state index in [1.165, 1.54) is 11.8 Å². The van der Waals surface area contributed by atoms with E-state index in [4.69, 9.17) is 20.8 Å². The number of amides is 1. The molecule has 156 valence electrons. The summed E-state index contributed by atoms with van der Waals surface area (Å²) in [5.41, 5.74) is 1.75. The summed E-state index contributed by atoms with van der Waals surface area (Å²) >= 11 is 7.22. The number of carbonyl (C=O) groups is 1. The van der Waals surface area contributed by atoms with Crippen molar-refractivity contribution in [2.75, 3.05) is 7.11 Å². The minimum atomic E-state index is -0.158. The maximum Gasteiger partial charge on any atom is 0.267 e. The van der Waals surface area contributed by atoms with Gasteiger partial charge >= 0.3 is 0 Å². The van der Waals surface area contributed by atoms with Crippen LogP contribution >= 0.6 is 23.4 Å². The predicted molar refractivity (Wildman–Crippen MR) is 124 cm³/mol. The van der Waals surface area contributed by atoms with Crippen molar-refractivity contribution in [1.29, 1.82) is 0 Å². The molecule has 1 amide bonds. The molecule has 1 aliphatic heterocycles. The topological polar surface area (TPSA) is 67.4 Å². The monoisotopic (exact) mass is 451 g/mol. The van der Waals surface area contributed by atoms with Gasteiger partial charge in [-0.05, 0) is 77.5 Å². The Morgan fingerprint density at radius 3 is 2.52 bits per heavy atom. The summed E-state index contributed by atoms with van der Waals surface area (Å²) in [4.78, 5) is 15.1. The molecule has 0 radical (unpaired) electrons. The Balaban J connectivity index is 1.59. The number of halogens is 1. The Hall–Kier alpha value is -3.29. The van der Waals surface area contributed by atoms with Crippen molar-refractivity contribution in [3.63, 3.8) is 0 Å². The summed E-state index contributed by atoms with van der Waals surface area (Å²) in [6.07, 6.45) is 5.02. The summed E-state index contributed by atoms with van der Waals surface area (Å²) in [6.45, 7) is 0.272. The fourth-order valence-corrected chi connectivity index (χ4v) is 3.89. The fraction of sp³-hybridized carbons (Fsp3) is 0.0870. The lowest BCUT2D eigenvalue weighted by atomic mass is 10.2. The first-order valence-corrected chi connectivity index (χ1v) is 10.6. The maximum absolute atomic E-state index is 13.0. The summed E-state index contributed by atoms with van der Waals surface area (Å²) in [5.74, 6) is 1.27. The lowest BCUT2D eigenvalue weighted by Gasteiger charge is -2.12.